The predicted molar refractivity (Wildman–Crippen MR) is 80.2 cm³/mol. The Morgan fingerprint density at radius 2 is 2.14 bits per heavy atom. The molecule has 5 heteroatoms. The lowest BCUT2D eigenvalue weighted by Crippen LogP contribution is -2.30. The van der Waals surface area contributed by atoms with Gasteiger partial charge in [-0.3, -0.25) is 9.79 Å². The number of phenols is 1. The maximum absolute atomic E-state index is 11.7. The van der Waals surface area contributed by atoms with Crippen LogP contribution in [0, 0.1) is 0 Å². The first-order valence-electron chi connectivity index (χ1n) is 7.01. The number of carbonyl (C=O) groups excluding carboxylic acids is 1. The maximum Gasteiger partial charge on any atom is 0.311 e. The molecule has 1 aromatic carbocycles. The van der Waals surface area contributed by atoms with Gasteiger partial charge in [-0.25, -0.2) is 0 Å². The van der Waals surface area contributed by atoms with Crippen LogP contribution in [0.3, 0.4) is 0 Å². The average Bonchev–Trinajstić information content (AvgIpc) is 2.38. The second kappa shape index (κ2) is 5.76. The topological polar surface area (TPSA) is 68.1 Å². The van der Waals surface area contributed by atoms with E-state index in [1.807, 2.05) is 19.9 Å². The van der Waals surface area contributed by atoms with Gasteiger partial charge in [0, 0.05) is 5.56 Å². The van der Waals surface area contributed by atoms with Crippen molar-refractivity contribution in [1.29, 1.82) is 0 Å². The molecule has 0 aliphatic carbocycles. The Morgan fingerprint density at radius 1 is 1.43 bits per heavy atom. The third kappa shape index (κ3) is 3.35. The number of aliphatic imine (C=N–C) groups is 1. The predicted octanol–water partition coefficient (Wildman–Crippen LogP) is 2.48. The Bertz CT molecular complexity index is 590. The van der Waals surface area contributed by atoms with E-state index in [1.54, 1.807) is 13.0 Å². The molecule has 1 aromatic rings. The molecule has 21 heavy (non-hydrogen) atoms. The van der Waals surface area contributed by atoms with Crippen LogP contribution in [0.1, 0.15) is 38.3 Å². The van der Waals surface area contributed by atoms with Crippen molar-refractivity contribution in [2.24, 2.45) is 4.99 Å². The molecule has 1 N–H and O–H groups in total. The van der Waals surface area contributed by atoms with E-state index >= 15 is 0 Å². The van der Waals surface area contributed by atoms with Gasteiger partial charge in [0.15, 0.2) is 11.5 Å². The first-order chi connectivity index (χ1) is 9.86. The number of ether oxygens (including phenoxy) is 2. The quantitative estimate of drug-likeness (QED) is 0.865. The van der Waals surface area contributed by atoms with E-state index in [4.69, 9.17) is 9.47 Å². The lowest BCUT2D eigenvalue weighted by Gasteiger charge is -2.29. The largest absolute Gasteiger partial charge is 0.504 e. The van der Waals surface area contributed by atoms with Crippen molar-refractivity contribution >= 4 is 11.7 Å². The highest BCUT2D eigenvalue weighted by Crippen LogP contribution is 2.35. The van der Waals surface area contributed by atoms with Gasteiger partial charge in [0.25, 0.3) is 0 Å². The number of aromatic hydroxyl groups is 1. The Morgan fingerprint density at radius 3 is 2.76 bits per heavy atom. The van der Waals surface area contributed by atoms with Crippen molar-refractivity contribution in [3.8, 4) is 11.5 Å². The van der Waals surface area contributed by atoms with Gasteiger partial charge < -0.3 is 14.6 Å². The van der Waals surface area contributed by atoms with Crippen LogP contribution in [0.25, 0.3) is 0 Å². The number of phenolic OH excluding ortho intramolecular Hbond substituents is 1. The van der Waals surface area contributed by atoms with Gasteiger partial charge in [-0.2, -0.15) is 0 Å². The number of methoxy groups -OCH3 is 1. The zero-order valence-corrected chi connectivity index (χ0v) is 12.9. The molecule has 0 atom stereocenters. The van der Waals surface area contributed by atoms with Crippen molar-refractivity contribution in [2.75, 3.05) is 13.7 Å². The Hall–Kier alpha value is -2.04. The molecule has 0 spiro atoms. The standard InChI is InChI=1S/C16H21NO4/c1-5-21-15(19)8-12-11-7-13(18)14(20-4)6-10(11)9-16(2,3)17-12/h6-7,18H,5,8-9H2,1-4H3. The molecule has 1 heterocycles. The minimum absolute atomic E-state index is 0.0486. The van der Waals surface area contributed by atoms with Crippen molar-refractivity contribution < 1.29 is 19.4 Å². The molecule has 2 rings (SSSR count). The molecule has 5 nitrogen and oxygen atoms in total. The van der Waals surface area contributed by atoms with Crippen LogP contribution < -0.4 is 4.74 Å². The molecule has 0 saturated carbocycles. The summed E-state index contributed by atoms with van der Waals surface area (Å²) in [4.78, 5) is 16.4. The summed E-state index contributed by atoms with van der Waals surface area (Å²) in [5, 5.41) is 9.96. The van der Waals surface area contributed by atoms with Crippen molar-refractivity contribution in [3.63, 3.8) is 0 Å². The highest BCUT2D eigenvalue weighted by molar-refractivity contribution is 6.11. The minimum Gasteiger partial charge on any atom is -0.504 e. The van der Waals surface area contributed by atoms with E-state index in [-0.39, 0.29) is 23.7 Å². The molecule has 0 fully saturated rings. The van der Waals surface area contributed by atoms with E-state index in [1.165, 1.54) is 7.11 Å². The number of esters is 1. The van der Waals surface area contributed by atoms with Crippen LogP contribution in [0.2, 0.25) is 0 Å². The lowest BCUT2D eigenvalue weighted by molar-refractivity contribution is -0.141. The summed E-state index contributed by atoms with van der Waals surface area (Å²) in [6, 6.07) is 3.42. The molecular formula is C16H21NO4. The van der Waals surface area contributed by atoms with Crippen molar-refractivity contribution in [2.45, 2.75) is 39.2 Å². The van der Waals surface area contributed by atoms with Gasteiger partial charge in [-0.1, -0.05) is 0 Å². The highest BCUT2D eigenvalue weighted by atomic mass is 16.5. The van der Waals surface area contributed by atoms with Gasteiger partial charge >= 0.3 is 5.97 Å². The van der Waals surface area contributed by atoms with Gasteiger partial charge in [0.1, 0.15) is 0 Å². The number of carbonyl (C=O) groups is 1. The van der Waals surface area contributed by atoms with Gasteiger partial charge in [-0.15, -0.1) is 0 Å². The number of hydrogen-bond donors (Lipinski definition) is 1. The fraction of sp³-hybridized carbons (Fsp3) is 0.500. The van der Waals surface area contributed by atoms with Gasteiger partial charge in [0.2, 0.25) is 0 Å². The van der Waals surface area contributed by atoms with Crippen LogP contribution in [0.4, 0.5) is 0 Å². The Labute approximate surface area is 124 Å². The van der Waals surface area contributed by atoms with Crippen molar-refractivity contribution in [1.82, 2.24) is 0 Å². The number of rotatable bonds is 4. The number of hydrogen-bond acceptors (Lipinski definition) is 5. The van der Waals surface area contributed by atoms with Gasteiger partial charge in [-0.05, 0) is 44.9 Å². The summed E-state index contributed by atoms with van der Waals surface area (Å²) >= 11 is 0. The average molecular weight is 291 g/mol. The number of nitrogens with zero attached hydrogens (tertiary/aromatic N) is 1. The third-order valence-electron chi connectivity index (χ3n) is 3.39. The molecule has 1 aliphatic heterocycles. The summed E-state index contributed by atoms with van der Waals surface area (Å²) in [7, 11) is 1.52. The monoisotopic (exact) mass is 291 g/mol. The lowest BCUT2D eigenvalue weighted by atomic mass is 9.85. The first kappa shape index (κ1) is 15.4. The Balaban J connectivity index is 2.43. The number of benzene rings is 1. The molecule has 0 amide bonds. The SMILES string of the molecule is CCOC(=O)CC1=NC(C)(C)Cc2cc(OC)c(O)cc21. The van der Waals surface area contributed by atoms with Crippen LogP contribution in [0.5, 0.6) is 11.5 Å². The molecule has 0 unspecified atom stereocenters. The van der Waals surface area contributed by atoms with Crippen LogP contribution in [0.15, 0.2) is 17.1 Å². The summed E-state index contributed by atoms with van der Waals surface area (Å²) in [5.41, 5.74) is 2.17. The molecule has 0 saturated heterocycles. The summed E-state index contributed by atoms with van der Waals surface area (Å²) < 4.78 is 10.1. The maximum atomic E-state index is 11.7. The molecule has 0 radical (unpaired) electrons. The normalized spacial score (nSPS) is 15.9. The van der Waals surface area contributed by atoms with E-state index in [0.29, 0.717) is 18.1 Å². The zero-order chi connectivity index (χ0) is 15.6. The number of fused-ring (bicyclic) bond motifs is 1. The smallest absolute Gasteiger partial charge is 0.311 e. The summed E-state index contributed by atoms with van der Waals surface area (Å²) in [6.07, 6.45) is 0.835. The minimum atomic E-state index is -0.310. The molecule has 1 aliphatic rings. The van der Waals surface area contributed by atoms with Crippen molar-refractivity contribution in [3.05, 3.63) is 23.3 Å². The molecule has 0 aromatic heterocycles. The second-order valence-electron chi connectivity index (χ2n) is 5.71. The van der Waals surface area contributed by atoms with E-state index < -0.39 is 0 Å². The van der Waals surface area contributed by atoms with Gasteiger partial charge in [0.05, 0.1) is 31.4 Å². The van der Waals surface area contributed by atoms with E-state index in [9.17, 15) is 9.90 Å². The highest BCUT2D eigenvalue weighted by Gasteiger charge is 2.29. The summed E-state index contributed by atoms with van der Waals surface area (Å²) in [6.45, 7) is 6.15. The van der Waals surface area contributed by atoms with Crippen LogP contribution in [-0.2, 0) is 16.0 Å². The fourth-order valence-electron chi connectivity index (χ4n) is 2.60. The molecular weight excluding hydrogens is 270 g/mol. The van der Waals surface area contributed by atoms with E-state index in [0.717, 1.165) is 17.5 Å². The Kier molecular flexibility index (Phi) is 4.21. The summed E-state index contributed by atoms with van der Waals surface area (Å²) in [5.74, 6) is 0.171. The molecule has 114 valence electrons. The third-order valence-corrected chi connectivity index (χ3v) is 3.39. The fourth-order valence-corrected chi connectivity index (χ4v) is 2.60. The van der Waals surface area contributed by atoms with Crippen LogP contribution in [-0.4, -0.2) is 36.0 Å². The van der Waals surface area contributed by atoms with Crippen LogP contribution >= 0.6 is 0 Å². The zero-order valence-electron chi connectivity index (χ0n) is 12.9. The molecule has 0 bridgehead atoms. The van der Waals surface area contributed by atoms with E-state index in [2.05, 4.69) is 4.99 Å². The second-order valence-corrected chi connectivity index (χ2v) is 5.71. The first-order valence-corrected chi connectivity index (χ1v) is 7.01.